The minimum atomic E-state index is -4.64. The monoisotopic (exact) mass is 634 g/mol. The Kier molecular flexibility index (Phi) is 8.94. The van der Waals surface area contributed by atoms with Crippen molar-refractivity contribution in [3.05, 3.63) is 111 Å². The predicted molar refractivity (Wildman–Crippen MR) is 155 cm³/mol. The SMILES string of the molecule is O=C(NCC(F)(F)c1ccc(C2CCCC2)cc1Cl)c1c(Oc2cccc(C(F)(F)F)c2)cnc(Cl)c1-c1ccccc1. The number of carbonyl (C=O) groups excluding carboxylic acids is 1. The fourth-order valence-electron chi connectivity index (χ4n) is 5.22. The topological polar surface area (TPSA) is 51.2 Å². The van der Waals surface area contributed by atoms with Crippen molar-refractivity contribution in [1.29, 1.82) is 0 Å². The highest BCUT2D eigenvalue weighted by Crippen LogP contribution is 2.41. The molecule has 1 heterocycles. The molecule has 224 valence electrons. The van der Waals surface area contributed by atoms with Crippen molar-refractivity contribution in [3.8, 4) is 22.6 Å². The number of halogens is 7. The van der Waals surface area contributed by atoms with Gasteiger partial charge in [0.25, 0.3) is 11.8 Å². The Morgan fingerprint density at radius 3 is 2.33 bits per heavy atom. The summed E-state index contributed by atoms with van der Waals surface area (Å²) in [7, 11) is 0. The van der Waals surface area contributed by atoms with Crippen LogP contribution in [0.15, 0.2) is 79.0 Å². The van der Waals surface area contributed by atoms with Gasteiger partial charge in [-0.25, -0.2) is 4.98 Å². The molecule has 1 N–H and O–H groups in total. The molecule has 4 aromatic rings. The van der Waals surface area contributed by atoms with E-state index in [-0.39, 0.29) is 38.7 Å². The number of nitrogens with zero attached hydrogens (tertiary/aromatic N) is 1. The van der Waals surface area contributed by atoms with E-state index in [1.54, 1.807) is 42.5 Å². The van der Waals surface area contributed by atoms with Gasteiger partial charge in [-0.05, 0) is 54.2 Å². The van der Waals surface area contributed by atoms with Crippen LogP contribution in [-0.2, 0) is 12.1 Å². The molecule has 1 saturated carbocycles. The van der Waals surface area contributed by atoms with Gasteiger partial charge >= 0.3 is 6.18 Å². The molecule has 0 radical (unpaired) electrons. The molecule has 1 aliphatic carbocycles. The van der Waals surface area contributed by atoms with E-state index >= 15 is 8.78 Å². The Labute approximate surface area is 254 Å². The van der Waals surface area contributed by atoms with Crippen LogP contribution in [0.25, 0.3) is 11.1 Å². The molecule has 0 atom stereocenters. The third-order valence-electron chi connectivity index (χ3n) is 7.36. The summed E-state index contributed by atoms with van der Waals surface area (Å²) in [6, 6.07) is 16.8. The van der Waals surface area contributed by atoms with Crippen molar-refractivity contribution in [3.63, 3.8) is 0 Å². The molecule has 1 fully saturated rings. The van der Waals surface area contributed by atoms with Crippen molar-refractivity contribution >= 4 is 29.1 Å². The van der Waals surface area contributed by atoms with E-state index in [2.05, 4.69) is 10.3 Å². The van der Waals surface area contributed by atoms with Gasteiger partial charge in [0.2, 0.25) is 0 Å². The van der Waals surface area contributed by atoms with Gasteiger partial charge in [-0.2, -0.15) is 22.0 Å². The number of benzene rings is 3. The average Bonchev–Trinajstić information content (AvgIpc) is 3.52. The Bertz CT molecular complexity index is 1620. The van der Waals surface area contributed by atoms with Gasteiger partial charge < -0.3 is 10.1 Å². The summed E-state index contributed by atoms with van der Waals surface area (Å²) in [6.07, 6.45) is 0.526. The molecule has 1 amide bonds. The van der Waals surface area contributed by atoms with Crippen LogP contribution in [0.3, 0.4) is 0 Å². The quantitative estimate of drug-likeness (QED) is 0.155. The lowest BCUT2D eigenvalue weighted by atomic mass is 9.95. The third-order valence-corrected chi connectivity index (χ3v) is 7.96. The zero-order chi connectivity index (χ0) is 30.8. The molecular weight excluding hydrogens is 610 g/mol. The second-order valence-corrected chi connectivity index (χ2v) is 11.0. The molecule has 11 heteroatoms. The standard InChI is InChI=1S/C32H25Cl2F5N2O2/c33-25-15-21(19-7-4-5-8-19)13-14-24(25)31(35,36)18-41-30(42)28-26(43-23-12-6-11-22(16-23)32(37,38)39)17-40-29(34)27(28)20-9-2-1-3-10-20/h1-3,6,9-17,19H,4-5,7-8,18H2,(H,41,42). The Balaban J connectivity index is 1.47. The molecule has 0 aliphatic heterocycles. The fraction of sp³-hybridized carbons (Fsp3) is 0.250. The number of nitrogens with one attached hydrogen (secondary N) is 1. The molecule has 4 nitrogen and oxygen atoms in total. The first-order chi connectivity index (χ1) is 20.4. The Morgan fingerprint density at radius 1 is 0.930 bits per heavy atom. The number of alkyl halides is 5. The highest BCUT2D eigenvalue weighted by atomic mass is 35.5. The summed E-state index contributed by atoms with van der Waals surface area (Å²) in [5, 5.41) is 2.00. The lowest BCUT2D eigenvalue weighted by Gasteiger charge is -2.21. The molecule has 0 bridgehead atoms. The van der Waals surface area contributed by atoms with Gasteiger partial charge in [0.05, 0.1) is 28.9 Å². The van der Waals surface area contributed by atoms with Crippen molar-refractivity contribution in [2.75, 3.05) is 6.54 Å². The lowest BCUT2D eigenvalue weighted by molar-refractivity contribution is -0.137. The van der Waals surface area contributed by atoms with E-state index in [4.69, 9.17) is 27.9 Å². The van der Waals surface area contributed by atoms with E-state index in [0.29, 0.717) is 5.56 Å². The maximum Gasteiger partial charge on any atom is 0.416 e. The molecule has 1 aromatic heterocycles. The zero-order valence-corrected chi connectivity index (χ0v) is 24.0. The van der Waals surface area contributed by atoms with Crippen molar-refractivity contribution < 1.29 is 31.5 Å². The second-order valence-electron chi connectivity index (χ2n) is 10.3. The van der Waals surface area contributed by atoms with E-state index in [9.17, 15) is 18.0 Å². The summed E-state index contributed by atoms with van der Waals surface area (Å²) in [4.78, 5) is 17.6. The number of pyridine rings is 1. The van der Waals surface area contributed by atoms with Crippen molar-refractivity contribution in [2.45, 2.75) is 43.7 Å². The summed E-state index contributed by atoms with van der Waals surface area (Å²) >= 11 is 12.7. The number of aromatic nitrogens is 1. The maximum absolute atomic E-state index is 15.4. The fourth-order valence-corrected chi connectivity index (χ4v) is 5.80. The van der Waals surface area contributed by atoms with Crippen LogP contribution in [0.1, 0.15) is 58.6 Å². The predicted octanol–water partition coefficient (Wildman–Crippen LogP) is 10.0. The number of hydrogen-bond donors (Lipinski definition) is 1. The molecular formula is C32H25Cl2F5N2O2. The second kappa shape index (κ2) is 12.5. The first-order valence-corrected chi connectivity index (χ1v) is 14.2. The average molecular weight is 635 g/mol. The van der Waals surface area contributed by atoms with Crippen LogP contribution >= 0.6 is 23.2 Å². The molecule has 1 aliphatic rings. The highest BCUT2D eigenvalue weighted by molar-refractivity contribution is 6.33. The molecule has 3 aromatic carbocycles. The van der Waals surface area contributed by atoms with Gasteiger partial charge in [-0.15, -0.1) is 0 Å². The highest BCUT2D eigenvalue weighted by Gasteiger charge is 2.36. The first-order valence-electron chi connectivity index (χ1n) is 13.5. The molecule has 0 unspecified atom stereocenters. The minimum absolute atomic E-state index is 0.0616. The number of amides is 1. The van der Waals surface area contributed by atoms with Crippen LogP contribution in [-0.4, -0.2) is 17.4 Å². The van der Waals surface area contributed by atoms with Crippen LogP contribution in [0.5, 0.6) is 11.5 Å². The first kappa shape index (κ1) is 30.8. The lowest BCUT2D eigenvalue weighted by Crippen LogP contribution is -2.35. The number of ether oxygens (including phenoxy) is 1. The van der Waals surface area contributed by atoms with Gasteiger partial charge in [0, 0.05) is 11.1 Å². The summed E-state index contributed by atoms with van der Waals surface area (Å²) in [5.74, 6) is -4.78. The summed E-state index contributed by atoms with van der Waals surface area (Å²) in [6.45, 7) is -1.12. The molecule has 0 saturated heterocycles. The molecule has 0 spiro atoms. The van der Waals surface area contributed by atoms with E-state index < -0.39 is 35.7 Å². The summed E-state index contributed by atoms with van der Waals surface area (Å²) < 4.78 is 76.5. The molecule has 43 heavy (non-hydrogen) atoms. The number of rotatable bonds is 8. The van der Waals surface area contributed by atoms with Crippen LogP contribution in [0.4, 0.5) is 22.0 Å². The van der Waals surface area contributed by atoms with Crippen molar-refractivity contribution in [1.82, 2.24) is 10.3 Å². The minimum Gasteiger partial charge on any atom is -0.455 e. The summed E-state index contributed by atoms with van der Waals surface area (Å²) in [5.41, 5.74) is -0.309. The smallest absolute Gasteiger partial charge is 0.416 e. The maximum atomic E-state index is 15.4. The number of carbonyl (C=O) groups is 1. The number of hydrogen-bond acceptors (Lipinski definition) is 3. The third kappa shape index (κ3) is 6.94. The normalized spacial score (nSPS) is 14.1. The van der Waals surface area contributed by atoms with Gasteiger partial charge in [-0.3, -0.25) is 4.79 Å². The zero-order valence-electron chi connectivity index (χ0n) is 22.5. The van der Waals surface area contributed by atoms with Gasteiger partial charge in [0.15, 0.2) is 5.75 Å². The van der Waals surface area contributed by atoms with Gasteiger partial charge in [-0.1, -0.05) is 84.6 Å². The largest absolute Gasteiger partial charge is 0.455 e. The van der Waals surface area contributed by atoms with E-state index in [0.717, 1.165) is 55.6 Å². The Morgan fingerprint density at radius 2 is 1.65 bits per heavy atom. The Hall–Kier alpha value is -3.69. The van der Waals surface area contributed by atoms with Crippen LogP contribution in [0, 0.1) is 0 Å². The van der Waals surface area contributed by atoms with Gasteiger partial charge in [0.1, 0.15) is 10.9 Å². The van der Waals surface area contributed by atoms with Crippen LogP contribution in [0.2, 0.25) is 10.2 Å². The van der Waals surface area contributed by atoms with Crippen LogP contribution < -0.4 is 10.1 Å². The van der Waals surface area contributed by atoms with E-state index in [1.165, 1.54) is 12.1 Å². The molecule has 5 rings (SSSR count). The van der Waals surface area contributed by atoms with Crippen molar-refractivity contribution in [2.24, 2.45) is 0 Å². The van der Waals surface area contributed by atoms with E-state index in [1.807, 2.05) is 0 Å².